The Hall–Kier alpha value is -2.82. The SMILES string of the molecule is Cc1ccc(Nc2nnc3n(C)c4ccccc4n23)cc1. The van der Waals surface area contributed by atoms with E-state index in [0.29, 0.717) is 0 Å². The number of nitrogens with one attached hydrogen (secondary N) is 1. The van der Waals surface area contributed by atoms with E-state index in [9.17, 15) is 0 Å². The number of anilines is 2. The quantitative estimate of drug-likeness (QED) is 0.611. The van der Waals surface area contributed by atoms with Crippen LogP contribution < -0.4 is 5.32 Å². The summed E-state index contributed by atoms with van der Waals surface area (Å²) >= 11 is 0. The van der Waals surface area contributed by atoms with Crippen LogP contribution in [0.5, 0.6) is 0 Å². The molecule has 2 aromatic carbocycles. The fraction of sp³-hybridized carbons (Fsp3) is 0.125. The minimum atomic E-state index is 0.727. The van der Waals surface area contributed by atoms with Gasteiger partial charge in [-0.2, -0.15) is 0 Å². The fourth-order valence-electron chi connectivity index (χ4n) is 2.61. The molecule has 2 aromatic heterocycles. The molecule has 0 saturated heterocycles. The van der Waals surface area contributed by atoms with E-state index in [1.54, 1.807) is 0 Å². The molecule has 104 valence electrons. The van der Waals surface area contributed by atoms with Crippen molar-refractivity contribution in [1.82, 2.24) is 19.2 Å². The van der Waals surface area contributed by atoms with Crippen molar-refractivity contribution in [1.29, 1.82) is 0 Å². The van der Waals surface area contributed by atoms with Gasteiger partial charge < -0.3 is 9.88 Å². The third kappa shape index (κ3) is 1.78. The highest BCUT2D eigenvalue weighted by Crippen LogP contribution is 2.23. The van der Waals surface area contributed by atoms with Crippen LogP contribution in [0.3, 0.4) is 0 Å². The Kier molecular flexibility index (Phi) is 2.47. The summed E-state index contributed by atoms with van der Waals surface area (Å²) in [5.41, 5.74) is 4.46. The molecule has 0 aliphatic carbocycles. The topological polar surface area (TPSA) is 47.2 Å². The Balaban J connectivity index is 1.89. The smallest absolute Gasteiger partial charge is 0.237 e. The second kappa shape index (κ2) is 4.34. The Morgan fingerprint density at radius 1 is 0.905 bits per heavy atom. The largest absolute Gasteiger partial charge is 0.324 e. The van der Waals surface area contributed by atoms with Crippen molar-refractivity contribution in [3.8, 4) is 0 Å². The van der Waals surface area contributed by atoms with Crippen LogP contribution in [0, 0.1) is 6.92 Å². The Morgan fingerprint density at radius 3 is 2.38 bits per heavy atom. The summed E-state index contributed by atoms with van der Waals surface area (Å²) in [6.07, 6.45) is 0. The molecular weight excluding hydrogens is 262 g/mol. The van der Waals surface area contributed by atoms with Gasteiger partial charge in [-0.3, -0.25) is 0 Å². The van der Waals surface area contributed by atoms with E-state index in [1.165, 1.54) is 5.56 Å². The number of benzene rings is 2. The zero-order valence-electron chi connectivity index (χ0n) is 11.9. The van der Waals surface area contributed by atoms with Gasteiger partial charge in [0.15, 0.2) is 0 Å². The molecule has 0 fully saturated rings. The van der Waals surface area contributed by atoms with Crippen LogP contribution in [0.25, 0.3) is 16.8 Å². The van der Waals surface area contributed by atoms with Crippen molar-refractivity contribution >= 4 is 28.4 Å². The summed E-state index contributed by atoms with van der Waals surface area (Å²) in [6, 6.07) is 16.4. The van der Waals surface area contributed by atoms with Gasteiger partial charge in [-0.1, -0.05) is 29.8 Å². The summed E-state index contributed by atoms with van der Waals surface area (Å²) < 4.78 is 4.08. The molecule has 0 aliphatic rings. The molecule has 0 aliphatic heterocycles. The monoisotopic (exact) mass is 277 g/mol. The van der Waals surface area contributed by atoms with E-state index < -0.39 is 0 Å². The van der Waals surface area contributed by atoms with Gasteiger partial charge in [-0.25, -0.2) is 4.40 Å². The van der Waals surface area contributed by atoms with Gasteiger partial charge in [0, 0.05) is 12.7 Å². The number of nitrogens with zero attached hydrogens (tertiary/aromatic N) is 4. The van der Waals surface area contributed by atoms with Crippen LogP contribution in [-0.2, 0) is 7.05 Å². The molecule has 0 radical (unpaired) electrons. The number of rotatable bonds is 2. The first-order valence-corrected chi connectivity index (χ1v) is 6.86. The highest BCUT2D eigenvalue weighted by atomic mass is 15.4. The third-order valence-electron chi connectivity index (χ3n) is 3.74. The predicted octanol–water partition coefficient (Wildman–Crippen LogP) is 3.27. The summed E-state index contributed by atoms with van der Waals surface area (Å²) in [4.78, 5) is 0. The maximum atomic E-state index is 4.28. The van der Waals surface area contributed by atoms with Crippen molar-refractivity contribution in [2.45, 2.75) is 6.92 Å². The van der Waals surface area contributed by atoms with Crippen LogP contribution in [-0.4, -0.2) is 19.2 Å². The van der Waals surface area contributed by atoms with Crippen LogP contribution in [0.4, 0.5) is 11.6 Å². The molecule has 0 amide bonds. The van der Waals surface area contributed by atoms with Crippen molar-refractivity contribution in [2.24, 2.45) is 7.05 Å². The van der Waals surface area contributed by atoms with Crippen LogP contribution >= 0.6 is 0 Å². The van der Waals surface area contributed by atoms with Gasteiger partial charge in [0.1, 0.15) is 0 Å². The second-order valence-electron chi connectivity index (χ2n) is 5.20. The number of aromatic nitrogens is 4. The van der Waals surface area contributed by atoms with E-state index in [0.717, 1.165) is 28.4 Å². The fourth-order valence-corrected chi connectivity index (χ4v) is 2.61. The highest BCUT2D eigenvalue weighted by molar-refractivity contribution is 5.82. The Bertz CT molecular complexity index is 931. The molecular formula is C16H15N5. The van der Waals surface area contributed by atoms with Gasteiger partial charge in [-0.05, 0) is 31.2 Å². The van der Waals surface area contributed by atoms with Crippen molar-refractivity contribution < 1.29 is 0 Å². The maximum absolute atomic E-state index is 4.28. The molecule has 4 rings (SSSR count). The van der Waals surface area contributed by atoms with E-state index in [1.807, 2.05) is 40.3 Å². The average Bonchev–Trinajstić information content (AvgIpc) is 3.03. The summed E-state index contributed by atoms with van der Waals surface area (Å²) in [5, 5.41) is 11.9. The van der Waals surface area contributed by atoms with Crippen molar-refractivity contribution in [3.63, 3.8) is 0 Å². The molecule has 21 heavy (non-hydrogen) atoms. The van der Waals surface area contributed by atoms with E-state index in [-0.39, 0.29) is 0 Å². The normalized spacial score (nSPS) is 11.3. The van der Waals surface area contributed by atoms with Gasteiger partial charge in [0.05, 0.1) is 11.0 Å². The van der Waals surface area contributed by atoms with E-state index in [4.69, 9.17) is 0 Å². The second-order valence-corrected chi connectivity index (χ2v) is 5.20. The number of para-hydroxylation sites is 2. The molecule has 0 saturated carbocycles. The lowest BCUT2D eigenvalue weighted by Crippen LogP contribution is -1.96. The van der Waals surface area contributed by atoms with Crippen LogP contribution in [0.1, 0.15) is 5.56 Å². The number of hydrogen-bond donors (Lipinski definition) is 1. The predicted molar refractivity (Wildman–Crippen MR) is 83.9 cm³/mol. The van der Waals surface area contributed by atoms with Crippen molar-refractivity contribution in [3.05, 3.63) is 54.1 Å². The number of aryl methyl sites for hydroxylation is 2. The van der Waals surface area contributed by atoms with Crippen molar-refractivity contribution in [2.75, 3.05) is 5.32 Å². The first-order chi connectivity index (χ1) is 10.2. The molecule has 1 N–H and O–H groups in total. The summed E-state index contributed by atoms with van der Waals surface area (Å²) in [7, 11) is 2.00. The number of imidazole rings is 1. The van der Waals surface area contributed by atoms with Crippen LogP contribution in [0.2, 0.25) is 0 Å². The molecule has 4 aromatic rings. The molecule has 2 heterocycles. The highest BCUT2D eigenvalue weighted by Gasteiger charge is 2.14. The molecule has 0 bridgehead atoms. The summed E-state index contributed by atoms with van der Waals surface area (Å²) in [6.45, 7) is 2.07. The standard InChI is InChI=1S/C16H15N5/c1-11-7-9-12(10-8-11)17-15-18-19-16-20(2)13-5-3-4-6-14(13)21(15)16/h3-10H,1-2H3,(H,17,18). The Labute approximate surface area is 121 Å². The minimum absolute atomic E-state index is 0.727. The third-order valence-corrected chi connectivity index (χ3v) is 3.74. The van der Waals surface area contributed by atoms with Gasteiger partial charge in [0.2, 0.25) is 11.7 Å². The number of hydrogen-bond acceptors (Lipinski definition) is 3. The minimum Gasteiger partial charge on any atom is -0.324 e. The average molecular weight is 277 g/mol. The zero-order valence-corrected chi connectivity index (χ0v) is 11.9. The summed E-state index contributed by atoms with van der Waals surface area (Å²) in [5.74, 6) is 1.55. The zero-order chi connectivity index (χ0) is 14.4. The van der Waals surface area contributed by atoms with Gasteiger partial charge in [-0.15, -0.1) is 10.2 Å². The lowest BCUT2D eigenvalue weighted by Gasteiger charge is -2.04. The number of fused-ring (bicyclic) bond motifs is 3. The van der Waals surface area contributed by atoms with E-state index in [2.05, 4.69) is 46.7 Å². The molecule has 0 atom stereocenters. The molecule has 5 heteroatoms. The molecule has 0 spiro atoms. The first kappa shape index (κ1) is 12.0. The molecule has 0 unspecified atom stereocenters. The lowest BCUT2D eigenvalue weighted by atomic mass is 10.2. The van der Waals surface area contributed by atoms with Crippen LogP contribution in [0.15, 0.2) is 48.5 Å². The molecule has 5 nitrogen and oxygen atoms in total. The Morgan fingerprint density at radius 2 is 1.62 bits per heavy atom. The first-order valence-electron chi connectivity index (χ1n) is 6.86. The lowest BCUT2D eigenvalue weighted by molar-refractivity contribution is 0.954. The van der Waals surface area contributed by atoms with Gasteiger partial charge >= 0.3 is 0 Å². The van der Waals surface area contributed by atoms with Gasteiger partial charge in [0.25, 0.3) is 0 Å². The van der Waals surface area contributed by atoms with E-state index >= 15 is 0 Å². The maximum Gasteiger partial charge on any atom is 0.237 e.